The molecule has 0 aliphatic heterocycles. The average Bonchev–Trinajstić information content (AvgIpc) is 2.26. The van der Waals surface area contributed by atoms with E-state index in [1.807, 2.05) is 6.54 Å². The third-order valence-corrected chi connectivity index (χ3v) is 2.41. The van der Waals surface area contributed by atoms with Gasteiger partial charge in [-0.1, -0.05) is 35.4 Å². The van der Waals surface area contributed by atoms with Gasteiger partial charge in [-0.25, -0.2) is 6.54 Å². The van der Waals surface area contributed by atoms with Gasteiger partial charge in [-0.2, -0.15) is 0 Å². The summed E-state index contributed by atoms with van der Waals surface area (Å²) in [5.41, 5.74) is 2.46. The maximum absolute atomic E-state index is 11.5. The van der Waals surface area contributed by atoms with Crippen LogP contribution in [-0.4, -0.2) is 37.0 Å². The molecule has 99 valence electrons. The molecule has 0 unspecified atom stereocenters. The van der Waals surface area contributed by atoms with Crippen molar-refractivity contribution in [3.63, 3.8) is 0 Å². The summed E-state index contributed by atoms with van der Waals surface area (Å²) in [4.78, 5) is 14.7. The van der Waals surface area contributed by atoms with E-state index in [1.54, 1.807) is 30.9 Å². The molecular weight excluding hydrogens is 301 g/mol. The fourth-order valence-electron chi connectivity index (χ4n) is 1.36. The number of rotatable bonds is 3. The molecule has 0 saturated carbocycles. The fraction of sp³-hybridized carbons (Fsp3) is 0.357. The minimum absolute atomic E-state index is 0. The van der Waals surface area contributed by atoms with Crippen molar-refractivity contribution < 1.29 is 37.5 Å². The maximum Gasteiger partial charge on any atom is 0.289 e. The normalized spacial score (nSPS) is 8.89. The predicted molar refractivity (Wildman–Crippen MR) is 72.4 cm³/mol. The van der Waals surface area contributed by atoms with Gasteiger partial charge in [0.05, 0.1) is 0 Å². The standard InChI is InChI=1S/C13H19N2O.CH3.Y/c1-11-5-7-12(8-6-11)9-10-15(4)13(16)14(2)3;;/h5-8,10H,9H2,1-4H3;1H3;/q2*-1;. The van der Waals surface area contributed by atoms with E-state index in [1.165, 1.54) is 11.1 Å². The van der Waals surface area contributed by atoms with E-state index in [0.29, 0.717) is 0 Å². The van der Waals surface area contributed by atoms with Crippen molar-refractivity contribution >= 4 is 6.03 Å². The third-order valence-electron chi connectivity index (χ3n) is 2.41. The van der Waals surface area contributed by atoms with Crippen molar-refractivity contribution in [2.45, 2.75) is 13.3 Å². The topological polar surface area (TPSA) is 23.6 Å². The number of urea groups is 1. The van der Waals surface area contributed by atoms with Gasteiger partial charge in [0.15, 0.2) is 0 Å². The maximum atomic E-state index is 11.5. The van der Waals surface area contributed by atoms with Gasteiger partial charge in [-0.15, -0.1) is 6.42 Å². The molecule has 0 atom stereocenters. The first-order valence-corrected chi connectivity index (χ1v) is 5.33. The molecule has 0 saturated heterocycles. The Hall–Kier alpha value is -0.406. The molecule has 1 aromatic carbocycles. The quantitative estimate of drug-likeness (QED) is 0.785. The Morgan fingerprint density at radius 1 is 1.17 bits per heavy atom. The zero-order valence-corrected chi connectivity index (χ0v) is 14.8. The van der Waals surface area contributed by atoms with Crippen molar-refractivity contribution in [2.24, 2.45) is 0 Å². The second kappa shape index (κ2) is 9.51. The van der Waals surface area contributed by atoms with Crippen LogP contribution in [0.25, 0.3) is 0 Å². The second-order valence-electron chi connectivity index (χ2n) is 4.16. The van der Waals surface area contributed by atoms with Gasteiger partial charge in [-0.05, 0) is 14.0 Å². The van der Waals surface area contributed by atoms with Crippen LogP contribution >= 0.6 is 0 Å². The molecule has 0 aromatic heterocycles. The van der Waals surface area contributed by atoms with Gasteiger partial charge in [-0.3, -0.25) is 4.79 Å². The zero-order valence-electron chi connectivity index (χ0n) is 12.0. The summed E-state index contributed by atoms with van der Waals surface area (Å²) >= 11 is 0. The van der Waals surface area contributed by atoms with E-state index in [2.05, 4.69) is 31.2 Å². The largest absolute Gasteiger partial charge is 0.477 e. The smallest absolute Gasteiger partial charge is 0.289 e. The summed E-state index contributed by atoms with van der Waals surface area (Å²) in [5.74, 6) is 0. The second-order valence-corrected chi connectivity index (χ2v) is 4.16. The Morgan fingerprint density at radius 2 is 1.67 bits per heavy atom. The Labute approximate surface area is 136 Å². The van der Waals surface area contributed by atoms with Crippen molar-refractivity contribution in [3.05, 3.63) is 49.4 Å². The van der Waals surface area contributed by atoms with Crippen LogP contribution in [0.3, 0.4) is 0 Å². The minimum atomic E-state index is -0.00730. The number of carbonyl (C=O) groups is 1. The van der Waals surface area contributed by atoms with Crippen LogP contribution in [0.15, 0.2) is 24.3 Å². The molecule has 2 amide bonds. The molecule has 0 bridgehead atoms. The minimum Gasteiger partial charge on any atom is -0.477 e. The van der Waals surface area contributed by atoms with E-state index in [0.717, 1.165) is 6.42 Å². The van der Waals surface area contributed by atoms with E-state index in [4.69, 9.17) is 0 Å². The summed E-state index contributed by atoms with van der Waals surface area (Å²) in [6, 6.07) is 8.32. The molecule has 1 rings (SSSR count). The van der Waals surface area contributed by atoms with Gasteiger partial charge in [0, 0.05) is 46.8 Å². The number of likely N-dealkylation sites (N-methyl/N-ethyl adjacent to an activating group) is 1. The average molecular weight is 323 g/mol. The van der Waals surface area contributed by atoms with Gasteiger partial charge >= 0.3 is 0 Å². The van der Waals surface area contributed by atoms with E-state index >= 15 is 0 Å². The third kappa shape index (κ3) is 6.51. The Balaban J connectivity index is 0. The first kappa shape index (κ1) is 19.9. The number of benzene rings is 1. The molecule has 0 N–H and O–H groups in total. The van der Waals surface area contributed by atoms with E-state index in [-0.39, 0.29) is 46.2 Å². The zero-order chi connectivity index (χ0) is 12.1. The van der Waals surface area contributed by atoms with Crippen LogP contribution in [0.4, 0.5) is 4.79 Å². The molecule has 0 aliphatic carbocycles. The van der Waals surface area contributed by atoms with Crippen LogP contribution in [0.5, 0.6) is 0 Å². The molecule has 0 heterocycles. The van der Waals surface area contributed by atoms with Crippen LogP contribution in [0, 0.1) is 20.9 Å². The number of hydrogen-bond acceptors (Lipinski definition) is 1. The molecule has 18 heavy (non-hydrogen) atoms. The fourth-order valence-corrected chi connectivity index (χ4v) is 1.36. The first-order valence-electron chi connectivity index (χ1n) is 5.33. The first-order chi connectivity index (χ1) is 7.50. The van der Waals surface area contributed by atoms with Crippen LogP contribution in [0.2, 0.25) is 0 Å². The number of carbonyl (C=O) groups excluding carboxylic acids is 1. The van der Waals surface area contributed by atoms with Gasteiger partial charge < -0.3 is 17.2 Å². The van der Waals surface area contributed by atoms with Crippen molar-refractivity contribution in [1.82, 2.24) is 9.80 Å². The van der Waals surface area contributed by atoms with Crippen LogP contribution in [-0.2, 0) is 39.1 Å². The number of amides is 2. The summed E-state index contributed by atoms with van der Waals surface area (Å²) in [7, 11) is 5.27. The summed E-state index contributed by atoms with van der Waals surface area (Å²) in [5, 5.41) is 0. The van der Waals surface area contributed by atoms with E-state index in [9.17, 15) is 4.79 Å². The Bertz CT molecular complexity index is 349. The van der Waals surface area contributed by atoms with Crippen molar-refractivity contribution in [3.8, 4) is 0 Å². The Kier molecular flexibility index (Phi) is 10.5. The number of hydrogen-bond donors (Lipinski definition) is 0. The van der Waals surface area contributed by atoms with Crippen LogP contribution in [0.1, 0.15) is 11.1 Å². The van der Waals surface area contributed by atoms with Crippen molar-refractivity contribution in [2.75, 3.05) is 21.1 Å². The summed E-state index contributed by atoms with van der Waals surface area (Å²) < 4.78 is 0. The van der Waals surface area contributed by atoms with Gasteiger partial charge in [0.25, 0.3) is 6.03 Å². The molecule has 1 radical (unpaired) electrons. The molecule has 0 fully saturated rings. The molecule has 4 heteroatoms. The SMILES string of the molecule is Cc1ccc(C[CH-]N(C)C(=O)N(C)C)cc1.[CH3-].[Y]. The monoisotopic (exact) mass is 323 g/mol. The van der Waals surface area contributed by atoms with Gasteiger partial charge in [0.2, 0.25) is 0 Å². The molecule has 0 spiro atoms. The summed E-state index contributed by atoms with van der Waals surface area (Å²) in [6.45, 7) is 3.96. The van der Waals surface area contributed by atoms with Gasteiger partial charge in [0.1, 0.15) is 0 Å². The molecule has 1 aromatic rings. The molecule has 0 aliphatic rings. The predicted octanol–water partition coefficient (Wildman–Crippen LogP) is 2.76. The van der Waals surface area contributed by atoms with Crippen LogP contribution < -0.4 is 0 Å². The number of aryl methyl sites for hydroxylation is 1. The molecular formula is C14H22N2OY-2. The number of nitrogens with zero attached hydrogens (tertiary/aromatic N) is 2. The Morgan fingerprint density at radius 3 is 2.11 bits per heavy atom. The van der Waals surface area contributed by atoms with E-state index < -0.39 is 0 Å². The summed E-state index contributed by atoms with van der Waals surface area (Å²) in [6.07, 6.45) is 0.774. The molecule has 3 nitrogen and oxygen atoms in total. The van der Waals surface area contributed by atoms with Crippen molar-refractivity contribution in [1.29, 1.82) is 0 Å².